The van der Waals surface area contributed by atoms with Crippen molar-refractivity contribution in [3.05, 3.63) is 100 Å². The summed E-state index contributed by atoms with van der Waals surface area (Å²) in [6.45, 7) is -0.149. The van der Waals surface area contributed by atoms with Gasteiger partial charge in [-0.25, -0.2) is 4.39 Å². The molecule has 29 heavy (non-hydrogen) atoms. The van der Waals surface area contributed by atoms with Gasteiger partial charge in [0.15, 0.2) is 18.1 Å². The Morgan fingerprint density at radius 3 is 2.62 bits per heavy atom. The third-order valence-electron chi connectivity index (χ3n) is 4.38. The highest BCUT2D eigenvalue weighted by Crippen LogP contribution is 2.35. The van der Waals surface area contributed by atoms with Crippen LogP contribution in [0.3, 0.4) is 0 Å². The number of halogens is 2. The number of benzene rings is 3. The molecule has 144 valence electrons. The second-order valence-electron chi connectivity index (χ2n) is 6.31. The minimum Gasteiger partial charge on any atom is -0.485 e. The molecule has 0 saturated heterocycles. The molecular formula is C23H14ClFO4. The van der Waals surface area contributed by atoms with Gasteiger partial charge in [0, 0.05) is 17.2 Å². The molecule has 6 heteroatoms. The lowest BCUT2D eigenvalue weighted by molar-refractivity contribution is 0.0921. The summed E-state index contributed by atoms with van der Waals surface area (Å²) < 4.78 is 25.1. The number of fused-ring (bicyclic) bond motifs is 1. The molecule has 0 bridgehead atoms. The molecule has 0 spiro atoms. The molecule has 0 fully saturated rings. The lowest BCUT2D eigenvalue weighted by Crippen LogP contribution is -2.11. The van der Waals surface area contributed by atoms with Crippen LogP contribution in [-0.4, -0.2) is 18.2 Å². The van der Waals surface area contributed by atoms with Crippen LogP contribution in [0.15, 0.2) is 72.5 Å². The molecule has 3 aromatic carbocycles. The van der Waals surface area contributed by atoms with Crippen molar-refractivity contribution in [2.24, 2.45) is 0 Å². The van der Waals surface area contributed by atoms with Gasteiger partial charge in [0.05, 0.1) is 10.6 Å². The van der Waals surface area contributed by atoms with Crippen LogP contribution < -0.4 is 9.47 Å². The average molecular weight is 409 g/mol. The quantitative estimate of drug-likeness (QED) is 0.421. The van der Waals surface area contributed by atoms with Gasteiger partial charge in [-0.1, -0.05) is 48.0 Å². The van der Waals surface area contributed by atoms with Crippen molar-refractivity contribution in [1.82, 2.24) is 0 Å². The molecule has 0 aromatic heterocycles. The Hall–Kier alpha value is -3.44. The maximum atomic E-state index is 14.0. The van der Waals surface area contributed by atoms with Crippen LogP contribution in [-0.2, 0) is 0 Å². The Balaban J connectivity index is 1.52. The lowest BCUT2D eigenvalue weighted by Gasteiger charge is -2.07. The normalized spacial score (nSPS) is 13.9. The van der Waals surface area contributed by atoms with E-state index in [1.807, 2.05) is 6.07 Å². The predicted molar refractivity (Wildman–Crippen MR) is 107 cm³/mol. The zero-order valence-electron chi connectivity index (χ0n) is 15.0. The summed E-state index contributed by atoms with van der Waals surface area (Å²) in [5.74, 6) is -0.487. The topological polar surface area (TPSA) is 52.6 Å². The summed E-state index contributed by atoms with van der Waals surface area (Å²) in [5, 5.41) is 0.174. The Labute approximate surface area is 171 Å². The molecule has 0 atom stereocenters. The highest BCUT2D eigenvalue weighted by molar-refractivity contribution is 6.32. The summed E-state index contributed by atoms with van der Waals surface area (Å²) in [6, 6.07) is 17.7. The summed E-state index contributed by atoms with van der Waals surface area (Å²) >= 11 is 6.01. The first kappa shape index (κ1) is 18.9. The first-order valence-electron chi connectivity index (χ1n) is 8.76. The Morgan fingerprint density at radius 2 is 1.86 bits per heavy atom. The van der Waals surface area contributed by atoms with Gasteiger partial charge in [-0.05, 0) is 30.3 Å². The molecule has 4 nitrogen and oxygen atoms in total. The average Bonchev–Trinajstić information content (AvgIpc) is 3.04. The highest BCUT2D eigenvalue weighted by atomic mass is 35.5. The highest BCUT2D eigenvalue weighted by Gasteiger charge is 2.28. The molecule has 0 unspecified atom stereocenters. The summed E-state index contributed by atoms with van der Waals surface area (Å²) in [7, 11) is 0. The Kier molecular flexibility index (Phi) is 5.14. The van der Waals surface area contributed by atoms with Gasteiger partial charge in [0.2, 0.25) is 5.78 Å². The molecule has 0 saturated carbocycles. The first-order valence-corrected chi connectivity index (χ1v) is 9.14. The maximum Gasteiger partial charge on any atom is 0.231 e. The van der Waals surface area contributed by atoms with Gasteiger partial charge in [0.25, 0.3) is 0 Å². The predicted octanol–water partition coefficient (Wildman–Crippen LogP) is 5.36. The van der Waals surface area contributed by atoms with Crippen LogP contribution in [0.1, 0.15) is 26.3 Å². The number of hydrogen-bond donors (Lipinski definition) is 0. The Bertz CT molecular complexity index is 1120. The number of hydrogen-bond acceptors (Lipinski definition) is 4. The maximum absolute atomic E-state index is 14.0. The fourth-order valence-corrected chi connectivity index (χ4v) is 3.11. The number of Topliss-reactive ketones (excluding diaryl/α,β-unsaturated/α-hetero) is 2. The van der Waals surface area contributed by atoms with E-state index in [2.05, 4.69) is 0 Å². The van der Waals surface area contributed by atoms with E-state index in [-0.39, 0.29) is 40.3 Å². The van der Waals surface area contributed by atoms with E-state index in [9.17, 15) is 14.0 Å². The molecular weight excluding hydrogens is 395 g/mol. The van der Waals surface area contributed by atoms with Crippen LogP contribution in [0.5, 0.6) is 11.5 Å². The summed E-state index contributed by atoms with van der Waals surface area (Å²) in [4.78, 5) is 24.7. The minimum absolute atomic E-state index is 0.0375. The Morgan fingerprint density at radius 1 is 1.07 bits per heavy atom. The standard InChI is InChI=1S/C23H14ClFO4/c24-18-7-4-8-19(25)17(18)12-22-23(27)16-10-9-15(11-21(16)29-22)28-13-20(26)14-5-2-1-3-6-14/h1-12H,13H2/b22-12-. The van der Waals surface area contributed by atoms with Gasteiger partial charge in [-0.2, -0.15) is 0 Å². The van der Waals surface area contributed by atoms with Gasteiger partial charge in [-0.3, -0.25) is 9.59 Å². The molecule has 3 aromatic rings. The second kappa shape index (κ2) is 7.89. The molecule has 1 aliphatic heterocycles. The van der Waals surface area contributed by atoms with Crippen LogP contribution in [0, 0.1) is 5.82 Å². The molecule has 4 rings (SSSR count). The molecule has 0 amide bonds. The molecule has 1 heterocycles. The summed E-state index contributed by atoms with van der Waals surface area (Å²) in [5.41, 5.74) is 0.952. The molecule has 0 N–H and O–H groups in total. The number of rotatable bonds is 5. The van der Waals surface area contributed by atoms with Gasteiger partial charge >= 0.3 is 0 Å². The van der Waals surface area contributed by atoms with Crippen molar-refractivity contribution >= 4 is 29.2 Å². The van der Waals surface area contributed by atoms with E-state index in [4.69, 9.17) is 21.1 Å². The van der Waals surface area contributed by atoms with E-state index in [1.165, 1.54) is 30.3 Å². The number of allylic oxidation sites excluding steroid dienone is 1. The molecule has 0 aliphatic carbocycles. The third kappa shape index (κ3) is 3.91. The van der Waals surface area contributed by atoms with Crippen molar-refractivity contribution in [2.75, 3.05) is 6.61 Å². The second-order valence-corrected chi connectivity index (χ2v) is 6.72. The van der Waals surface area contributed by atoms with Crippen LogP contribution in [0.4, 0.5) is 4.39 Å². The number of carbonyl (C=O) groups is 2. The van der Waals surface area contributed by atoms with Gasteiger partial charge < -0.3 is 9.47 Å². The fraction of sp³-hybridized carbons (Fsp3) is 0.0435. The van der Waals surface area contributed by atoms with Crippen molar-refractivity contribution in [2.45, 2.75) is 0 Å². The number of carbonyl (C=O) groups excluding carboxylic acids is 2. The lowest BCUT2D eigenvalue weighted by atomic mass is 10.1. The van der Waals surface area contributed by atoms with Crippen molar-refractivity contribution in [3.8, 4) is 11.5 Å². The minimum atomic E-state index is -0.555. The van der Waals surface area contributed by atoms with Crippen molar-refractivity contribution in [3.63, 3.8) is 0 Å². The van der Waals surface area contributed by atoms with E-state index in [0.717, 1.165) is 0 Å². The van der Waals surface area contributed by atoms with E-state index in [1.54, 1.807) is 36.4 Å². The largest absolute Gasteiger partial charge is 0.485 e. The smallest absolute Gasteiger partial charge is 0.231 e. The molecule has 0 radical (unpaired) electrons. The van der Waals surface area contributed by atoms with Crippen LogP contribution >= 0.6 is 11.6 Å². The zero-order chi connectivity index (χ0) is 20.4. The van der Waals surface area contributed by atoms with E-state index >= 15 is 0 Å². The van der Waals surface area contributed by atoms with Crippen LogP contribution in [0.25, 0.3) is 6.08 Å². The van der Waals surface area contributed by atoms with Gasteiger partial charge in [0.1, 0.15) is 17.3 Å². The third-order valence-corrected chi connectivity index (χ3v) is 4.71. The summed E-state index contributed by atoms with van der Waals surface area (Å²) in [6.07, 6.45) is 1.28. The SMILES string of the molecule is O=C(COc1ccc2c(c1)O/C(=C\c1c(F)cccc1Cl)C2=O)c1ccccc1. The van der Waals surface area contributed by atoms with E-state index < -0.39 is 5.82 Å². The van der Waals surface area contributed by atoms with Crippen LogP contribution in [0.2, 0.25) is 5.02 Å². The first-order chi connectivity index (χ1) is 14.0. The number of ether oxygens (including phenoxy) is 2. The monoisotopic (exact) mass is 408 g/mol. The zero-order valence-corrected chi connectivity index (χ0v) is 15.8. The van der Waals surface area contributed by atoms with Crippen molar-refractivity contribution < 1.29 is 23.5 Å². The number of ketones is 2. The molecule has 1 aliphatic rings. The fourth-order valence-electron chi connectivity index (χ4n) is 2.89. The van der Waals surface area contributed by atoms with Crippen molar-refractivity contribution in [1.29, 1.82) is 0 Å². The van der Waals surface area contributed by atoms with Gasteiger partial charge in [-0.15, -0.1) is 0 Å². The van der Waals surface area contributed by atoms with E-state index in [0.29, 0.717) is 16.9 Å².